The third kappa shape index (κ3) is 5.23. The minimum atomic E-state index is 0.590. The summed E-state index contributed by atoms with van der Waals surface area (Å²) < 4.78 is 2.37. The van der Waals surface area contributed by atoms with Crippen molar-refractivity contribution in [1.29, 1.82) is 0 Å². The first-order valence-electron chi connectivity index (χ1n) is 17.8. The number of pyridine rings is 3. The maximum absolute atomic E-state index is 7.42. The maximum atomic E-state index is 7.42. The number of hydrogen-bond acceptors (Lipinski definition) is 4. The van der Waals surface area contributed by atoms with Gasteiger partial charge in [0.1, 0.15) is 5.82 Å². The highest BCUT2D eigenvalue weighted by Crippen LogP contribution is 2.43. The van der Waals surface area contributed by atoms with Gasteiger partial charge in [0.25, 0.3) is 0 Å². The summed E-state index contributed by atoms with van der Waals surface area (Å²) >= 11 is 0. The van der Waals surface area contributed by atoms with Gasteiger partial charge < -0.3 is 4.57 Å². The first-order chi connectivity index (χ1) is 26.7. The van der Waals surface area contributed by atoms with E-state index in [1.807, 2.05) is 55.0 Å². The van der Waals surface area contributed by atoms with E-state index < -0.39 is 0 Å². The van der Waals surface area contributed by atoms with Crippen LogP contribution in [-0.4, -0.2) is 19.5 Å². The molecule has 0 aliphatic heterocycles. The zero-order valence-electron chi connectivity index (χ0n) is 29.0. The van der Waals surface area contributed by atoms with Gasteiger partial charge in [-0.05, 0) is 100 Å². The van der Waals surface area contributed by atoms with Crippen LogP contribution in [0.25, 0.3) is 76.6 Å². The van der Waals surface area contributed by atoms with Crippen molar-refractivity contribution in [3.8, 4) is 39.2 Å². The van der Waals surface area contributed by atoms with Crippen LogP contribution >= 0.6 is 0 Å². The molecule has 0 unspecified atom stereocenters. The molecular formula is C48H30N6. The Hall–Kier alpha value is -7.62. The van der Waals surface area contributed by atoms with Crippen LogP contribution in [0.5, 0.6) is 0 Å². The van der Waals surface area contributed by atoms with Crippen molar-refractivity contribution in [1.82, 2.24) is 19.5 Å². The Morgan fingerprint density at radius 1 is 0.519 bits per heavy atom. The molecule has 0 saturated heterocycles. The first kappa shape index (κ1) is 31.1. The molecule has 6 nitrogen and oxygen atoms in total. The molecule has 10 rings (SSSR count). The topological polar surface area (TPSA) is 51.2 Å². The standard InChI is InChI=1S/C48H30N6/c1-49-37-17-21-40(22-18-37)53(39-19-12-32(13-20-39)34-8-6-28-50-29-34)46-27-16-36(31-52-46)43-25-15-35(30-51-43)41-24-26-45-48-42(41)23-14-33-7-5-11-44(47(33)48)54(45)38-9-3-2-4-10-38/h2-31H. The molecule has 54 heavy (non-hydrogen) atoms. The highest BCUT2D eigenvalue weighted by atomic mass is 15.2. The number of anilines is 3. The molecule has 0 saturated carbocycles. The van der Waals surface area contributed by atoms with E-state index in [2.05, 4.69) is 141 Å². The second-order valence-corrected chi connectivity index (χ2v) is 13.3. The van der Waals surface area contributed by atoms with Crippen molar-refractivity contribution < 1.29 is 0 Å². The quantitative estimate of drug-likeness (QED) is 0.123. The lowest BCUT2D eigenvalue weighted by Crippen LogP contribution is -2.11. The van der Waals surface area contributed by atoms with E-state index in [1.165, 1.54) is 32.6 Å². The molecule has 0 radical (unpaired) electrons. The SMILES string of the molecule is [C-]#[N+]c1ccc(N(c2ccc(-c3cccnc3)cc2)c2ccc(-c3ccc(-c4ccc5c6c4ccc4cccc(c46)n5-c4ccccc4)cn3)cn2)cc1. The predicted molar refractivity (Wildman–Crippen MR) is 220 cm³/mol. The van der Waals surface area contributed by atoms with E-state index in [0.717, 1.165) is 56.4 Å². The van der Waals surface area contributed by atoms with E-state index in [1.54, 1.807) is 6.20 Å². The molecule has 4 heterocycles. The number of benzene rings is 6. The van der Waals surface area contributed by atoms with Gasteiger partial charge in [-0.25, -0.2) is 9.83 Å². The van der Waals surface area contributed by atoms with Crippen LogP contribution in [-0.2, 0) is 0 Å². The number of rotatable bonds is 7. The summed E-state index contributed by atoms with van der Waals surface area (Å²) in [5.41, 5.74) is 12.1. The summed E-state index contributed by atoms with van der Waals surface area (Å²) in [5, 5.41) is 5.01. The Morgan fingerprint density at radius 2 is 1.28 bits per heavy atom. The van der Waals surface area contributed by atoms with E-state index in [9.17, 15) is 0 Å². The molecule has 0 atom stereocenters. The lowest BCUT2D eigenvalue weighted by molar-refractivity contribution is 1.18. The maximum Gasteiger partial charge on any atom is 0.187 e. The zero-order valence-corrected chi connectivity index (χ0v) is 29.0. The fraction of sp³-hybridized carbons (Fsp3) is 0. The Kier molecular flexibility index (Phi) is 7.41. The molecule has 0 amide bonds. The molecule has 4 aromatic heterocycles. The Bertz CT molecular complexity index is 2950. The largest absolute Gasteiger partial charge is 0.309 e. The van der Waals surface area contributed by atoms with E-state index in [0.29, 0.717) is 5.69 Å². The summed E-state index contributed by atoms with van der Waals surface area (Å²) in [6.45, 7) is 7.42. The summed E-state index contributed by atoms with van der Waals surface area (Å²) in [6.07, 6.45) is 7.49. The van der Waals surface area contributed by atoms with Crippen molar-refractivity contribution >= 4 is 55.5 Å². The highest BCUT2D eigenvalue weighted by Gasteiger charge is 2.19. The van der Waals surface area contributed by atoms with Gasteiger partial charge in [0, 0.05) is 63.7 Å². The van der Waals surface area contributed by atoms with E-state index >= 15 is 0 Å². The third-order valence-corrected chi connectivity index (χ3v) is 10.2. The number of hydrogen-bond donors (Lipinski definition) is 0. The minimum Gasteiger partial charge on any atom is -0.309 e. The monoisotopic (exact) mass is 690 g/mol. The smallest absolute Gasteiger partial charge is 0.187 e. The molecular weight excluding hydrogens is 661 g/mol. The molecule has 0 N–H and O–H groups in total. The molecule has 0 aliphatic rings. The Morgan fingerprint density at radius 3 is 2.00 bits per heavy atom. The molecule has 252 valence electrons. The van der Waals surface area contributed by atoms with Crippen LogP contribution < -0.4 is 4.90 Å². The number of aromatic nitrogens is 4. The average Bonchev–Trinajstić information content (AvgIpc) is 3.60. The number of para-hydroxylation sites is 1. The second kappa shape index (κ2) is 12.9. The summed E-state index contributed by atoms with van der Waals surface area (Å²) in [6, 6.07) is 54.3. The van der Waals surface area contributed by atoms with Crippen LogP contribution in [0.3, 0.4) is 0 Å². The van der Waals surface area contributed by atoms with Crippen molar-refractivity contribution in [2.75, 3.05) is 4.90 Å². The van der Waals surface area contributed by atoms with Gasteiger partial charge in [-0.1, -0.05) is 84.9 Å². The summed E-state index contributed by atoms with van der Waals surface area (Å²) in [5.74, 6) is 0.758. The molecule has 0 aliphatic carbocycles. The summed E-state index contributed by atoms with van der Waals surface area (Å²) in [7, 11) is 0. The van der Waals surface area contributed by atoms with Gasteiger partial charge in [-0.15, -0.1) is 0 Å². The van der Waals surface area contributed by atoms with Crippen molar-refractivity contribution in [2.24, 2.45) is 0 Å². The van der Waals surface area contributed by atoms with Crippen LogP contribution in [0.15, 0.2) is 183 Å². The second-order valence-electron chi connectivity index (χ2n) is 13.3. The van der Waals surface area contributed by atoms with E-state index in [4.69, 9.17) is 16.5 Å². The normalized spacial score (nSPS) is 11.3. The van der Waals surface area contributed by atoms with Gasteiger partial charge in [0.05, 0.1) is 23.3 Å². The van der Waals surface area contributed by atoms with Crippen LogP contribution in [0.2, 0.25) is 0 Å². The van der Waals surface area contributed by atoms with Crippen molar-refractivity contribution in [3.63, 3.8) is 0 Å². The van der Waals surface area contributed by atoms with Crippen LogP contribution in [0.1, 0.15) is 0 Å². The zero-order chi connectivity index (χ0) is 36.0. The van der Waals surface area contributed by atoms with Gasteiger partial charge in [0.15, 0.2) is 5.69 Å². The average molecular weight is 691 g/mol. The third-order valence-electron chi connectivity index (χ3n) is 10.2. The Balaban J connectivity index is 0.989. The number of nitrogens with zero attached hydrogens (tertiary/aromatic N) is 6. The van der Waals surface area contributed by atoms with Crippen molar-refractivity contribution in [3.05, 3.63) is 194 Å². The molecule has 0 bridgehead atoms. The predicted octanol–water partition coefficient (Wildman–Crippen LogP) is 12.6. The molecule has 6 aromatic carbocycles. The van der Waals surface area contributed by atoms with Gasteiger partial charge in [-0.3, -0.25) is 14.9 Å². The van der Waals surface area contributed by atoms with Crippen molar-refractivity contribution in [2.45, 2.75) is 0 Å². The first-order valence-corrected chi connectivity index (χ1v) is 17.8. The summed E-state index contributed by atoms with van der Waals surface area (Å²) in [4.78, 5) is 19.8. The molecule has 0 spiro atoms. The van der Waals surface area contributed by atoms with Crippen LogP contribution in [0, 0.1) is 6.57 Å². The van der Waals surface area contributed by atoms with Gasteiger partial charge in [-0.2, -0.15) is 0 Å². The molecule has 10 aromatic rings. The Labute approximate surface area is 312 Å². The molecule has 6 heteroatoms. The van der Waals surface area contributed by atoms with Gasteiger partial charge in [0.2, 0.25) is 0 Å². The molecule has 0 fully saturated rings. The minimum absolute atomic E-state index is 0.590. The fourth-order valence-electron chi connectivity index (χ4n) is 7.62. The van der Waals surface area contributed by atoms with Gasteiger partial charge >= 0.3 is 0 Å². The van der Waals surface area contributed by atoms with Crippen LogP contribution in [0.4, 0.5) is 22.9 Å². The highest BCUT2D eigenvalue weighted by molar-refractivity contribution is 6.26. The lowest BCUT2D eigenvalue weighted by atomic mass is 9.95. The fourth-order valence-corrected chi connectivity index (χ4v) is 7.62. The lowest BCUT2D eigenvalue weighted by Gasteiger charge is -2.24. The van der Waals surface area contributed by atoms with E-state index in [-0.39, 0.29) is 0 Å².